The van der Waals surface area contributed by atoms with Crippen molar-refractivity contribution in [3.8, 4) is 22.4 Å². The Balaban J connectivity index is 1.04. The van der Waals surface area contributed by atoms with E-state index in [0.29, 0.717) is 44.7 Å². The van der Waals surface area contributed by atoms with Gasteiger partial charge in [-0.25, -0.2) is 9.18 Å². The van der Waals surface area contributed by atoms with Crippen LogP contribution in [0.1, 0.15) is 71.9 Å². The van der Waals surface area contributed by atoms with Gasteiger partial charge in [0.05, 0.1) is 29.0 Å². The first-order chi connectivity index (χ1) is 20.4. The number of rotatable bonds is 9. The number of carboxylic acids is 1. The molecule has 1 aliphatic carbocycles. The van der Waals surface area contributed by atoms with Gasteiger partial charge in [0.25, 0.3) is 0 Å². The molecule has 7 nitrogen and oxygen atoms in total. The average Bonchev–Trinajstić information content (AvgIpc) is 3.45. The number of halogens is 3. The van der Waals surface area contributed by atoms with Crippen LogP contribution in [-0.2, 0) is 17.9 Å². The van der Waals surface area contributed by atoms with Crippen LogP contribution in [0.5, 0.6) is 0 Å². The fourth-order valence-corrected chi connectivity index (χ4v) is 7.18. The van der Waals surface area contributed by atoms with Crippen LogP contribution in [0.3, 0.4) is 0 Å². The fraction of sp³-hybridized carbons (Fsp3) is 0.375. The standard InChI is InChI=1S/C32H29Cl2FN2O5/c33-25-2-1-3-26(34)28(25)29-24(30(42-36-29)17-4-5-17)15-37-20-8-9-21(37)14-22(13-20)41-16-19-7-6-18(12-27(19)35)23-10-11-40-31(23)32(38)39/h1-3,6-7,10-12,17,20-22H,4-5,8-9,13-16H2,(H,38,39). The Hall–Kier alpha value is -3.17. The fourth-order valence-electron chi connectivity index (χ4n) is 6.60. The number of nitrogens with zero attached hydrogens (tertiary/aromatic N) is 2. The molecule has 0 amide bonds. The Bertz CT molecular complexity index is 1610. The second-order valence-electron chi connectivity index (χ2n) is 11.5. The van der Waals surface area contributed by atoms with Crippen molar-refractivity contribution in [2.45, 2.75) is 75.8 Å². The third-order valence-corrected chi connectivity index (χ3v) is 9.48. The summed E-state index contributed by atoms with van der Waals surface area (Å²) in [5.74, 6) is -0.495. The molecule has 2 aliphatic heterocycles. The van der Waals surface area contributed by atoms with Gasteiger partial charge in [0.15, 0.2) is 0 Å². The van der Waals surface area contributed by atoms with Crippen molar-refractivity contribution in [1.82, 2.24) is 10.1 Å². The number of carboxylic acid groups (broad SMARTS) is 1. The number of aromatic nitrogens is 1. The van der Waals surface area contributed by atoms with Crippen LogP contribution in [0.15, 0.2) is 57.7 Å². The second kappa shape index (κ2) is 11.2. The minimum atomic E-state index is -1.19. The van der Waals surface area contributed by atoms with E-state index in [1.165, 1.54) is 18.4 Å². The maximum Gasteiger partial charge on any atom is 0.372 e. The number of furan rings is 1. The van der Waals surface area contributed by atoms with Crippen LogP contribution in [-0.4, -0.2) is 39.3 Å². The Labute approximate surface area is 252 Å². The molecule has 218 valence electrons. The predicted octanol–water partition coefficient (Wildman–Crippen LogP) is 8.34. The minimum Gasteiger partial charge on any atom is -0.475 e. The van der Waals surface area contributed by atoms with Crippen molar-refractivity contribution in [1.29, 1.82) is 0 Å². The summed E-state index contributed by atoms with van der Waals surface area (Å²) in [5.41, 5.74) is 3.76. The summed E-state index contributed by atoms with van der Waals surface area (Å²) >= 11 is 13.1. The summed E-state index contributed by atoms with van der Waals surface area (Å²) in [4.78, 5) is 13.9. The Morgan fingerprint density at radius 3 is 2.48 bits per heavy atom. The van der Waals surface area contributed by atoms with Crippen molar-refractivity contribution >= 4 is 29.2 Å². The highest BCUT2D eigenvalue weighted by Gasteiger charge is 2.43. The van der Waals surface area contributed by atoms with Gasteiger partial charge in [0, 0.05) is 46.8 Å². The van der Waals surface area contributed by atoms with Crippen molar-refractivity contribution in [2.75, 3.05) is 0 Å². The normalized spacial score (nSPS) is 22.1. The highest BCUT2D eigenvalue weighted by molar-refractivity contribution is 6.39. The maximum atomic E-state index is 15.0. The molecule has 0 radical (unpaired) electrons. The maximum absolute atomic E-state index is 15.0. The number of ether oxygens (including phenoxy) is 1. The number of piperidine rings is 1. The summed E-state index contributed by atoms with van der Waals surface area (Å²) < 4.78 is 32.2. The smallest absolute Gasteiger partial charge is 0.372 e. The third kappa shape index (κ3) is 5.15. The van der Waals surface area contributed by atoms with Crippen molar-refractivity contribution < 1.29 is 28.0 Å². The zero-order valence-electron chi connectivity index (χ0n) is 22.7. The summed E-state index contributed by atoms with van der Waals surface area (Å²) in [6.45, 7) is 0.872. The molecule has 2 atom stereocenters. The van der Waals surface area contributed by atoms with Crippen LogP contribution in [0.2, 0.25) is 10.0 Å². The summed E-state index contributed by atoms with van der Waals surface area (Å²) in [7, 11) is 0. The summed E-state index contributed by atoms with van der Waals surface area (Å²) in [5, 5.41) is 14.9. The predicted molar refractivity (Wildman–Crippen MR) is 155 cm³/mol. The average molecular weight is 611 g/mol. The van der Waals surface area contributed by atoms with Crippen molar-refractivity contribution in [2.24, 2.45) is 0 Å². The second-order valence-corrected chi connectivity index (χ2v) is 12.3. The largest absolute Gasteiger partial charge is 0.475 e. The lowest BCUT2D eigenvalue weighted by atomic mass is 9.97. The number of benzene rings is 2. The van der Waals surface area contributed by atoms with Crippen molar-refractivity contribution in [3.63, 3.8) is 0 Å². The van der Waals surface area contributed by atoms with Gasteiger partial charge in [-0.3, -0.25) is 4.90 Å². The van der Waals surface area contributed by atoms with E-state index in [1.54, 1.807) is 12.1 Å². The van der Waals surface area contributed by atoms with Gasteiger partial charge in [0.2, 0.25) is 5.76 Å². The monoisotopic (exact) mass is 610 g/mol. The number of hydrogen-bond acceptors (Lipinski definition) is 6. The minimum absolute atomic E-state index is 0.0215. The molecular formula is C32H29Cl2FN2O5. The number of carbonyl (C=O) groups is 1. The van der Waals surface area contributed by atoms with E-state index in [0.717, 1.165) is 67.7 Å². The highest BCUT2D eigenvalue weighted by atomic mass is 35.5. The van der Waals surface area contributed by atoms with E-state index in [-0.39, 0.29) is 18.5 Å². The Morgan fingerprint density at radius 2 is 1.81 bits per heavy atom. The quantitative estimate of drug-likeness (QED) is 0.204. The molecule has 2 unspecified atom stereocenters. The van der Waals surface area contributed by atoms with E-state index in [1.807, 2.05) is 18.2 Å². The summed E-state index contributed by atoms with van der Waals surface area (Å²) in [6.07, 6.45) is 7.39. The molecule has 7 rings (SSSR count). The first kappa shape index (κ1) is 27.7. The van der Waals surface area contributed by atoms with Crippen LogP contribution in [0.4, 0.5) is 4.39 Å². The molecule has 2 aromatic heterocycles. The lowest BCUT2D eigenvalue weighted by Gasteiger charge is -2.39. The van der Waals surface area contributed by atoms with Gasteiger partial charge in [-0.05, 0) is 68.4 Å². The molecule has 1 N–H and O–H groups in total. The Kier molecular flexibility index (Phi) is 7.34. The molecule has 2 bridgehead atoms. The van der Waals surface area contributed by atoms with E-state index in [4.69, 9.17) is 36.9 Å². The van der Waals surface area contributed by atoms with E-state index < -0.39 is 11.8 Å². The molecule has 3 aliphatic rings. The van der Waals surface area contributed by atoms with E-state index >= 15 is 4.39 Å². The van der Waals surface area contributed by atoms with Gasteiger partial charge < -0.3 is 18.8 Å². The lowest BCUT2D eigenvalue weighted by Crippen LogP contribution is -2.45. The first-order valence-corrected chi connectivity index (χ1v) is 15.0. The molecule has 2 saturated heterocycles. The topological polar surface area (TPSA) is 88.9 Å². The van der Waals surface area contributed by atoms with E-state index in [2.05, 4.69) is 10.1 Å². The number of hydrogen-bond donors (Lipinski definition) is 1. The van der Waals surface area contributed by atoms with Crippen LogP contribution in [0.25, 0.3) is 22.4 Å². The molecule has 42 heavy (non-hydrogen) atoms. The molecule has 4 aromatic rings. The van der Waals surface area contributed by atoms with Crippen LogP contribution < -0.4 is 0 Å². The zero-order chi connectivity index (χ0) is 29.0. The molecule has 4 heterocycles. The molecule has 3 fully saturated rings. The molecule has 10 heteroatoms. The number of aromatic carboxylic acids is 1. The first-order valence-electron chi connectivity index (χ1n) is 14.3. The Morgan fingerprint density at radius 1 is 1.07 bits per heavy atom. The van der Waals surface area contributed by atoms with Gasteiger partial charge in [-0.15, -0.1) is 0 Å². The SMILES string of the molecule is O=C(O)c1occc1-c1ccc(COC2CC3CCC(C2)N3Cc2c(-c3c(Cl)cccc3Cl)noc2C2CC2)c(F)c1. The van der Waals surface area contributed by atoms with Gasteiger partial charge in [-0.1, -0.05) is 46.6 Å². The molecule has 0 spiro atoms. The lowest BCUT2D eigenvalue weighted by molar-refractivity contribution is -0.0313. The van der Waals surface area contributed by atoms with Gasteiger partial charge >= 0.3 is 5.97 Å². The number of fused-ring (bicyclic) bond motifs is 2. The highest BCUT2D eigenvalue weighted by Crippen LogP contribution is 2.48. The van der Waals surface area contributed by atoms with Gasteiger partial charge in [0.1, 0.15) is 17.3 Å². The molecule has 2 aromatic carbocycles. The van der Waals surface area contributed by atoms with Crippen LogP contribution >= 0.6 is 23.2 Å². The van der Waals surface area contributed by atoms with Crippen molar-refractivity contribution in [3.05, 3.63) is 87.2 Å². The molecule has 1 saturated carbocycles. The molecular weight excluding hydrogens is 582 g/mol. The van der Waals surface area contributed by atoms with Crippen LogP contribution in [0, 0.1) is 5.82 Å². The third-order valence-electron chi connectivity index (χ3n) is 8.85. The summed E-state index contributed by atoms with van der Waals surface area (Å²) in [6, 6.07) is 12.4. The zero-order valence-corrected chi connectivity index (χ0v) is 24.2. The van der Waals surface area contributed by atoms with E-state index in [9.17, 15) is 9.90 Å². The van der Waals surface area contributed by atoms with Gasteiger partial charge in [-0.2, -0.15) is 0 Å².